The number of hydrogen-bond donors (Lipinski definition) is 2. The topological polar surface area (TPSA) is 61.0 Å². The fraction of sp³-hybridized carbons (Fsp3) is 0.733. The monoisotopic (exact) mass is 276 g/mol. The first-order chi connectivity index (χ1) is 9.81. The lowest BCUT2D eigenvalue weighted by atomic mass is 9.94. The summed E-state index contributed by atoms with van der Waals surface area (Å²) in [5.41, 5.74) is -0.209. The van der Waals surface area contributed by atoms with E-state index in [0.717, 1.165) is 38.2 Å². The summed E-state index contributed by atoms with van der Waals surface area (Å²) in [6.07, 6.45) is 11.2. The van der Waals surface area contributed by atoms with Crippen molar-refractivity contribution in [2.45, 2.75) is 50.5 Å². The molecule has 0 spiro atoms. The number of H-pyrrole nitrogens is 1. The lowest BCUT2D eigenvalue weighted by molar-refractivity contribution is -0.132. The minimum Gasteiger partial charge on any atom is -0.354 e. The molecule has 2 N–H and O–H groups in total. The Bertz CT molecular complexity index is 431. The maximum absolute atomic E-state index is 12.7. The Morgan fingerprint density at radius 2 is 2.05 bits per heavy atom. The smallest absolute Gasteiger partial charge is 0.240 e. The highest BCUT2D eigenvalue weighted by atomic mass is 16.2. The van der Waals surface area contributed by atoms with Gasteiger partial charge in [-0.15, -0.1) is 0 Å². The van der Waals surface area contributed by atoms with Gasteiger partial charge >= 0.3 is 0 Å². The average Bonchev–Trinajstić information content (AvgIpc) is 3.20. The maximum atomic E-state index is 12.7. The molecule has 2 fully saturated rings. The van der Waals surface area contributed by atoms with E-state index in [9.17, 15) is 4.79 Å². The predicted molar refractivity (Wildman–Crippen MR) is 77.3 cm³/mol. The number of aromatic amines is 1. The summed E-state index contributed by atoms with van der Waals surface area (Å²) in [7, 11) is 0. The molecule has 0 aromatic carbocycles. The first-order valence-electron chi connectivity index (χ1n) is 7.83. The lowest BCUT2D eigenvalue weighted by Gasteiger charge is -2.37. The highest BCUT2D eigenvalue weighted by Gasteiger charge is 2.46. The second-order valence-electron chi connectivity index (χ2n) is 5.97. The Labute approximate surface area is 120 Å². The Morgan fingerprint density at radius 3 is 2.70 bits per heavy atom. The highest BCUT2D eigenvalue weighted by molar-refractivity contribution is 5.86. The van der Waals surface area contributed by atoms with Crippen molar-refractivity contribution in [2.24, 2.45) is 0 Å². The van der Waals surface area contributed by atoms with E-state index in [1.54, 1.807) is 6.20 Å². The van der Waals surface area contributed by atoms with Gasteiger partial charge in [-0.05, 0) is 38.8 Å². The first-order valence-corrected chi connectivity index (χ1v) is 7.83. The van der Waals surface area contributed by atoms with Gasteiger partial charge in [0.2, 0.25) is 5.91 Å². The predicted octanol–water partition coefficient (Wildman–Crippen LogP) is 1.48. The average molecular weight is 276 g/mol. The van der Waals surface area contributed by atoms with Crippen LogP contribution in [0.1, 0.15) is 44.3 Å². The summed E-state index contributed by atoms with van der Waals surface area (Å²) in [5, 5.41) is 3.14. The molecule has 0 unspecified atom stereocenters. The van der Waals surface area contributed by atoms with E-state index in [1.165, 1.54) is 25.7 Å². The van der Waals surface area contributed by atoms with Crippen LogP contribution in [0.3, 0.4) is 0 Å². The summed E-state index contributed by atoms with van der Waals surface area (Å²) < 4.78 is 0. The molecule has 1 amide bonds. The maximum Gasteiger partial charge on any atom is 0.240 e. The van der Waals surface area contributed by atoms with Crippen molar-refractivity contribution in [1.29, 1.82) is 0 Å². The van der Waals surface area contributed by atoms with Gasteiger partial charge < -0.3 is 10.3 Å². The van der Waals surface area contributed by atoms with E-state index in [-0.39, 0.29) is 11.4 Å². The summed E-state index contributed by atoms with van der Waals surface area (Å²) in [6, 6.07) is 0. The van der Waals surface area contributed by atoms with Crippen LogP contribution in [-0.4, -0.2) is 45.9 Å². The molecular formula is C15H24N4O. The third kappa shape index (κ3) is 2.59. The molecule has 5 nitrogen and oxygen atoms in total. The SMILES string of the molecule is O=C(NCCc1ncc[nH]1)C1(N2CCCC2)CCCC1. The van der Waals surface area contributed by atoms with Crippen molar-refractivity contribution in [3.05, 3.63) is 18.2 Å². The third-order valence-electron chi connectivity index (χ3n) is 4.77. The molecule has 1 aromatic rings. The van der Waals surface area contributed by atoms with E-state index in [0.29, 0.717) is 6.54 Å². The van der Waals surface area contributed by atoms with Crippen LogP contribution < -0.4 is 5.32 Å². The van der Waals surface area contributed by atoms with Gasteiger partial charge in [-0.1, -0.05) is 12.8 Å². The number of hydrogen-bond acceptors (Lipinski definition) is 3. The molecule has 20 heavy (non-hydrogen) atoms. The molecule has 2 aliphatic rings. The molecule has 110 valence electrons. The quantitative estimate of drug-likeness (QED) is 0.856. The lowest BCUT2D eigenvalue weighted by Crippen LogP contribution is -2.56. The molecule has 3 rings (SSSR count). The van der Waals surface area contributed by atoms with Gasteiger partial charge in [0.05, 0.1) is 0 Å². The van der Waals surface area contributed by atoms with Gasteiger partial charge in [0, 0.05) is 25.4 Å². The van der Waals surface area contributed by atoms with Crippen LogP contribution in [0, 0.1) is 0 Å². The Balaban J connectivity index is 1.58. The van der Waals surface area contributed by atoms with Crippen LogP contribution in [0.5, 0.6) is 0 Å². The first kappa shape index (κ1) is 13.6. The summed E-state index contributed by atoms with van der Waals surface area (Å²) in [4.78, 5) is 22.4. The zero-order valence-corrected chi connectivity index (χ0v) is 12.0. The summed E-state index contributed by atoms with van der Waals surface area (Å²) in [6.45, 7) is 2.85. The molecule has 1 aliphatic heterocycles. The Hall–Kier alpha value is -1.36. The largest absolute Gasteiger partial charge is 0.354 e. The van der Waals surface area contributed by atoms with Crippen LogP contribution in [0.15, 0.2) is 12.4 Å². The molecule has 0 bridgehead atoms. The molecule has 1 saturated heterocycles. The van der Waals surface area contributed by atoms with Crippen molar-refractivity contribution in [1.82, 2.24) is 20.2 Å². The number of nitrogens with zero attached hydrogens (tertiary/aromatic N) is 2. The summed E-state index contributed by atoms with van der Waals surface area (Å²) in [5.74, 6) is 1.18. The normalized spacial score (nSPS) is 22.2. The van der Waals surface area contributed by atoms with Crippen LogP contribution in [0.25, 0.3) is 0 Å². The number of likely N-dealkylation sites (tertiary alicyclic amines) is 1. The molecule has 1 saturated carbocycles. The zero-order valence-electron chi connectivity index (χ0n) is 12.0. The zero-order chi connectivity index (χ0) is 13.8. The number of carbonyl (C=O) groups excluding carboxylic acids is 1. The number of aromatic nitrogens is 2. The Kier molecular flexibility index (Phi) is 4.05. The molecule has 1 aromatic heterocycles. The van der Waals surface area contributed by atoms with Gasteiger partial charge in [-0.3, -0.25) is 9.69 Å². The molecule has 0 radical (unpaired) electrons. The van der Waals surface area contributed by atoms with Crippen LogP contribution >= 0.6 is 0 Å². The van der Waals surface area contributed by atoms with E-state index in [1.807, 2.05) is 6.20 Å². The van der Waals surface area contributed by atoms with Gasteiger partial charge in [-0.25, -0.2) is 4.98 Å². The van der Waals surface area contributed by atoms with Crippen molar-refractivity contribution in [2.75, 3.05) is 19.6 Å². The van der Waals surface area contributed by atoms with E-state index >= 15 is 0 Å². The van der Waals surface area contributed by atoms with Crippen molar-refractivity contribution in [3.8, 4) is 0 Å². The highest BCUT2D eigenvalue weighted by Crippen LogP contribution is 2.37. The minimum atomic E-state index is -0.209. The summed E-state index contributed by atoms with van der Waals surface area (Å²) >= 11 is 0. The van der Waals surface area contributed by atoms with Crippen LogP contribution in [-0.2, 0) is 11.2 Å². The van der Waals surface area contributed by atoms with Crippen molar-refractivity contribution < 1.29 is 4.79 Å². The number of nitrogens with one attached hydrogen (secondary N) is 2. The number of amides is 1. The van der Waals surface area contributed by atoms with E-state index < -0.39 is 0 Å². The number of imidazole rings is 1. The minimum absolute atomic E-state index is 0.209. The second kappa shape index (κ2) is 5.95. The Morgan fingerprint density at radius 1 is 1.30 bits per heavy atom. The second-order valence-corrected chi connectivity index (χ2v) is 5.97. The molecule has 0 atom stereocenters. The number of rotatable bonds is 5. The fourth-order valence-electron chi connectivity index (χ4n) is 3.69. The van der Waals surface area contributed by atoms with Crippen LogP contribution in [0.4, 0.5) is 0 Å². The number of carbonyl (C=O) groups is 1. The standard InChI is InChI=1S/C15H24N4O/c20-14(18-8-5-13-16-9-10-17-13)15(6-1-2-7-15)19-11-3-4-12-19/h9-10H,1-8,11-12H2,(H,16,17)(H,18,20). The van der Waals surface area contributed by atoms with E-state index in [4.69, 9.17) is 0 Å². The van der Waals surface area contributed by atoms with E-state index in [2.05, 4.69) is 20.2 Å². The third-order valence-corrected chi connectivity index (χ3v) is 4.77. The van der Waals surface area contributed by atoms with Gasteiger partial charge in [0.1, 0.15) is 11.4 Å². The molecular weight excluding hydrogens is 252 g/mol. The molecule has 2 heterocycles. The van der Waals surface area contributed by atoms with Gasteiger partial charge in [0.25, 0.3) is 0 Å². The van der Waals surface area contributed by atoms with Crippen molar-refractivity contribution in [3.63, 3.8) is 0 Å². The fourth-order valence-corrected chi connectivity index (χ4v) is 3.69. The van der Waals surface area contributed by atoms with Gasteiger partial charge in [-0.2, -0.15) is 0 Å². The van der Waals surface area contributed by atoms with Gasteiger partial charge in [0.15, 0.2) is 0 Å². The van der Waals surface area contributed by atoms with Crippen LogP contribution in [0.2, 0.25) is 0 Å². The van der Waals surface area contributed by atoms with Crippen molar-refractivity contribution >= 4 is 5.91 Å². The molecule has 1 aliphatic carbocycles. The molecule has 5 heteroatoms.